The lowest BCUT2D eigenvalue weighted by Crippen LogP contribution is -2.42. The van der Waals surface area contributed by atoms with Crippen molar-refractivity contribution in [2.75, 3.05) is 11.9 Å². The zero-order valence-corrected chi connectivity index (χ0v) is 14.2. The average molecular weight is 371 g/mol. The van der Waals surface area contributed by atoms with Crippen LogP contribution in [0.5, 0.6) is 0 Å². The van der Waals surface area contributed by atoms with Crippen molar-refractivity contribution >= 4 is 31.8 Å². The Bertz CT molecular complexity index is 651. The highest BCUT2D eigenvalue weighted by Gasteiger charge is 2.34. The molecule has 1 saturated carbocycles. The molecule has 1 aliphatic carbocycles. The van der Waals surface area contributed by atoms with E-state index < -0.39 is 10.0 Å². The number of alkyl halides is 1. The summed E-state index contributed by atoms with van der Waals surface area (Å²) >= 11 is 3.49. The van der Waals surface area contributed by atoms with E-state index >= 15 is 0 Å². The van der Waals surface area contributed by atoms with E-state index in [0.29, 0.717) is 16.8 Å². The number of hydrogen-bond acceptors (Lipinski definition) is 3. The van der Waals surface area contributed by atoms with Gasteiger partial charge in [-0.15, -0.1) is 4.40 Å². The number of rotatable bonds is 3. The molecule has 21 heavy (non-hydrogen) atoms. The largest absolute Gasteiger partial charge is 0.352 e. The van der Waals surface area contributed by atoms with Gasteiger partial charge in [-0.25, -0.2) is 0 Å². The lowest BCUT2D eigenvalue weighted by atomic mass is 9.93. The van der Waals surface area contributed by atoms with Crippen LogP contribution in [-0.4, -0.2) is 37.1 Å². The first kappa shape index (κ1) is 15.0. The van der Waals surface area contributed by atoms with Crippen molar-refractivity contribution in [3.05, 3.63) is 29.8 Å². The summed E-state index contributed by atoms with van der Waals surface area (Å²) in [5.41, 5.74) is 0.754. The molecule has 0 saturated heterocycles. The molecule has 0 N–H and O–H groups in total. The minimum atomic E-state index is -3.53. The lowest BCUT2D eigenvalue weighted by molar-refractivity contribution is 0.254. The quantitative estimate of drug-likeness (QED) is 0.767. The second-order valence-corrected chi connectivity index (χ2v) is 7.93. The molecule has 0 bridgehead atoms. The normalized spacial score (nSPS) is 20.9. The summed E-state index contributed by atoms with van der Waals surface area (Å²) in [6, 6.07) is 7.54. The van der Waals surface area contributed by atoms with Crippen LogP contribution in [0.15, 0.2) is 33.6 Å². The highest BCUT2D eigenvalue weighted by molar-refractivity contribution is 9.09. The molecule has 6 heteroatoms. The Hall–Kier alpha value is -0.880. The molecule has 0 unspecified atom stereocenters. The fraction of sp³-hybridized carbons (Fsp3) is 0.533. The maximum absolute atomic E-state index is 12.2. The fourth-order valence-corrected chi connectivity index (χ4v) is 4.84. The van der Waals surface area contributed by atoms with Crippen LogP contribution in [0.3, 0.4) is 0 Å². The molecule has 1 fully saturated rings. The zero-order valence-electron chi connectivity index (χ0n) is 11.8. The maximum atomic E-state index is 12.2. The molecule has 0 radical (unpaired) electrons. The van der Waals surface area contributed by atoms with Gasteiger partial charge in [0, 0.05) is 23.5 Å². The second-order valence-electron chi connectivity index (χ2n) is 5.56. The van der Waals surface area contributed by atoms with Crippen molar-refractivity contribution in [1.82, 2.24) is 4.90 Å². The lowest BCUT2D eigenvalue weighted by Gasteiger charge is -2.35. The minimum Gasteiger partial charge on any atom is -0.352 e. The maximum Gasteiger partial charge on any atom is 0.285 e. The summed E-state index contributed by atoms with van der Waals surface area (Å²) in [6.07, 6.45) is 5.94. The third kappa shape index (κ3) is 2.88. The van der Waals surface area contributed by atoms with Crippen molar-refractivity contribution in [1.29, 1.82) is 0 Å². The fourth-order valence-electron chi connectivity index (χ4n) is 3.24. The summed E-state index contributed by atoms with van der Waals surface area (Å²) in [6.45, 7) is 0.785. The molecule has 0 amide bonds. The van der Waals surface area contributed by atoms with Crippen molar-refractivity contribution in [2.45, 2.75) is 43.0 Å². The first-order chi connectivity index (χ1) is 10.1. The van der Waals surface area contributed by atoms with Crippen LogP contribution in [0.4, 0.5) is 0 Å². The van der Waals surface area contributed by atoms with E-state index in [1.807, 2.05) is 12.1 Å². The van der Waals surface area contributed by atoms with Crippen molar-refractivity contribution < 1.29 is 8.42 Å². The van der Waals surface area contributed by atoms with Gasteiger partial charge in [-0.1, -0.05) is 47.3 Å². The predicted molar refractivity (Wildman–Crippen MR) is 87.5 cm³/mol. The van der Waals surface area contributed by atoms with Crippen LogP contribution in [0, 0.1) is 0 Å². The van der Waals surface area contributed by atoms with E-state index in [9.17, 15) is 8.42 Å². The molecular weight excluding hydrogens is 352 g/mol. The van der Waals surface area contributed by atoms with Gasteiger partial charge in [0.05, 0.1) is 0 Å². The van der Waals surface area contributed by atoms with E-state index in [2.05, 4.69) is 25.2 Å². The highest BCUT2D eigenvalue weighted by Crippen LogP contribution is 2.31. The van der Waals surface area contributed by atoms with Crippen LogP contribution < -0.4 is 0 Å². The van der Waals surface area contributed by atoms with Crippen LogP contribution in [0.2, 0.25) is 0 Å². The number of hydrogen-bond donors (Lipinski definition) is 0. The first-order valence-corrected chi connectivity index (χ1v) is 9.96. The molecule has 3 rings (SSSR count). The number of benzene rings is 1. The van der Waals surface area contributed by atoms with Gasteiger partial charge < -0.3 is 4.90 Å². The molecule has 4 nitrogen and oxygen atoms in total. The van der Waals surface area contributed by atoms with Gasteiger partial charge in [-0.05, 0) is 25.0 Å². The van der Waals surface area contributed by atoms with Crippen molar-refractivity contribution in [3.8, 4) is 0 Å². The van der Waals surface area contributed by atoms with Crippen LogP contribution in [0.25, 0.3) is 0 Å². The number of halogens is 1. The van der Waals surface area contributed by atoms with Gasteiger partial charge in [0.2, 0.25) is 0 Å². The zero-order chi connectivity index (χ0) is 14.9. The highest BCUT2D eigenvalue weighted by atomic mass is 79.9. The monoisotopic (exact) mass is 370 g/mol. The van der Waals surface area contributed by atoms with Crippen LogP contribution in [0.1, 0.15) is 37.7 Å². The van der Waals surface area contributed by atoms with Gasteiger partial charge in [0.1, 0.15) is 4.90 Å². The van der Waals surface area contributed by atoms with E-state index in [0.717, 1.165) is 30.3 Å². The summed E-state index contributed by atoms with van der Waals surface area (Å²) in [5.74, 6) is 0.636. The van der Waals surface area contributed by atoms with Crippen molar-refractivity contribution in [2.24, 2.45) is 4.40 Å². The number of nitrogens with zero attached hydrogens (tertiary/aromatic N) is 2. The standard InChI is InChI=1S/C15H19BrN2O2S/c16-10-11-18(12-6-2-1-3-7-12)15-13-8-4-5-9-14(13)21(19,20)17-15/h4-5,8-9,12H,1-3,6-7,10-11H2. The summed E-state index contributed by atoms with van der Waals surface area (Å²) in [5, 5.41) is 0.810. The minimum absolute atomic E-state index is 0.343. The molecule has 114 valence electrons. The SMILES string of the molecule is O=S1(=O)N=C(N(CCBr)C2CCCCC2)c2ccccc21. The Morgan fingerprint density at radius 2 is 1.90 bits per heavy atom. The van der Waals surface area contributed by atoms with Gasteiger partial charge >= 0.3 is 0 Å². The molecule has 1 aromatic rings. The average Bonchev–Trinajstić information content (AvgIpc) is 2.78. The molecule has 1 aliphatic heterocycles. The molecule has 0 aromatic heterocycles. The predicted octanol–water partition coefficient (Wildman–Crippen LogP) is 3.17. The second kappa shape index (κ2) is 6.08. The Balaban J connectivity index is 2.00. The van der Waals surface area contributed by atoms with Gasteiger partial charge in [-0.3, -0.25) is 0 Å². The number of amidine groups is 1. The van der Waals surface area contributed by atoms with E-state index in [4.69, 9.17) is 0 Å². The van der Waals surface area contributed by atoms with Crippen molar-refractivity contribution in [3.63, 3.8) is 0 Å². The summed E-state index contributed by atoms with van der Waals surface area (Å²) < 4.78 is 28.5. The van der Waals surface area contributed by atoms with Gasteiger partial charge in [0.15, 0.2) is 5.84 Å². The Labute approximate surface area is 134 Å². The summed E-state index contributed by atoms with van der Waals surface area (Å²) in [7, 11) is -3.53. The molecule has 1 aromatic carbocycles. The molecule has 1 heterocycles. The summed E-state index contributed by atoms with van der Waals surface area (Å²) in [4.78, 5) is 2.53. The first-order valence-electron chi connectivity index (χ1n) is 7.40. The third-order valence-corrected chi connectivity index (χ3v) is 5.91. The van der Waals surface area contributed by atoms with Gasteiger partial charge in [-0.2, -0.15) is 8.42 Å². The Kier molecular flexibility index (Phi) is 4.36. The molecule has 0 atom stereocenters. The topological polar surface area (TPSA) is 49.7 Å². The smallest absolute Gasteiger partial charge is 0.285 e. The van der Waals surface area contributed by atoms with Gasteiger partial charge in [0.25, 0.3) is 10.0 Å². The van der Waals surface area contributed by atoms with E-state index in [1.54, 1.807) is 12.1 Å². The van der Waals surface area contributed by atoms with Crippen LogP contribution in [-0.2, 0) is 10.0 Å². The number of sulfonamides is 1. The Morgan fingerprint density at radius 1 is 1.19 bits per heavy atom. The van der Waals surface area contributed by atoms with E-state index in [1.165, 1.54) is 19.3 Å². The molecule has 2 aliphatic rings. The van der Waals surface area contributed by atoms with E-state index in [-0.39, 0.29) is 0 Å². The third-order valence-electron chi connectivity index (χ3n) is 4.23. The Morgan fingerprint density at radius 3 is 2.62 bits per heavy atom. The molecule has 0 spiro atoms. The number of fused-ring (bicyclic) bond motifs is 1. The van der Waals surface area contributed by atoms with Crippen LogP contribution >= 0.6 is 15.9 Å². The molecular formula is C15H19BrN2O2S.